The Balaban J connectivity index is 2.58. The Morgan fingerprint density at radius 3 is 2.79 bits per heavy atom. The quantitative estimate of drug-likeness (QED) is 0.821. The number of aliphatic hydroxyl groups excluding tert-OH is 1. The van der Waals surface area contributed by atoms with Crippen LogP contribution < -0.4 is 0 Å². The van der Waals surface area contributed by atoms with Gasteiger partial charge in [0.2, 0.25) is 0 Å². The summed E-state index contributed by atoms with van der Waals surface area (Å²) < 4.78 is 1.04. The van der Waals surface area contributed by atoms with Crippen LogP contribution >= 0.6 is 15.9 Å². The van der Waals surface area contributed by atoms with Crippen molar-refractivity contribution in [3.05, 3.63) is 34.3 Å². The van der Waals surface area contributed by atoms with Crippen LogP contribution in [0.2, 0.25) is 0 Å². The molecule has 0 spiro atoms. The van der Waals surface area contributed by atoms with E-state index >= 15 is 0 Å². The van der Waals surface area contributed by atoms with Crippen LogP contribution in [-0.2, 0) is 6.42 Å². The van der Waals surface area contributed by atoms with Crippen molar-refractivity contribution in [2.24, 2.45) is 0 Å². The first-order valence-corrected chi connectivity index (χ1v) is 5.34. The highest BCUT2D eigenvalue weighted by molar-refractivity contribution is 9.10. The molecule has 0 aliphatic rings. The Hall–Kier alpha value is -0.780. The van der Waals surface area contributed by atoms with E-state index < -0.39 is 0 Å². The van der Waals surface area contributed by atoms with Gasteiger partial charge in [0.25, 0.3) is 0 Å². The molecule has 0 radical (unpaired) electrons. The minimum atomic E-state index is -0.374. The van der Waals surface area contributed by atoms with Gasteiger partial charge in [-0.15, -0.1) is 11.8 Å². The molecule has 1 aromatic carbocycles. The highest BCUT2D eigenvalue weighted by atomic mass is 79.9. The second kappa shape index (κ2) is 5.85. The van der Waals surface area contributed by atoms with E-state index in [2.05, 4.69) is 27.8 Å². The van der Waals surface area contributed by atoms with Crippen LogP contribution in [0.5, 0.6) is 0 Å². The van der Waals surface area contributed by atoms with Crippen LogP contribution in [0, 0.1) is 11.8 Å². The summed E-state index contributed by atoms with van der Waals surface area (Å²) in [6, 6.07) is 7.92. The summed E-state index contributed by atoms with van der Waals surface area (Å²) in [5.74, 6) is 5.65. The first kappa shape index (κ1) is 11.3. The second-order valence-electron chi connectivity index (χ2n) is 3.08. The minimum Gasteiger partial charge on any atom is -0.392 e. The van der Waals surface area contributed by atoms with Crippen LogP contribution in [0.15, 0.2) is 28.7 Å². The summed E-state index contributed by atoms with van der Waals surface area (Å²) in [6.07, 6.45) is 0.814. The molecule has 0 amide bonds. The molecule has 2 heteroatoms. The van der Waals surface area contributed by atoms with E-state index in [4.69, 9.17) is 0 Å². The van der Waals surface area contributed by atoms with Gasteiger partial charge in [-0.2, -0.15) is 0 Å². The average molecular weight is 253 g/mol. The lowest BCUT2D eigenvalue weighted by Gasteiger charge is -2.08. The zero-order chi connectivity index (χ0) is 10.4. The molecule has 0 saturated carbocycles. The molecule has 1 aromatic rings. The third-order valence-corrected chi connectivity index (χ3v) is 2.70. The fraction of sp³-hybridized carbons (Fsp3) is 0.333. The van der Waals surface area contributed by atoms with E-state index in [0.717, 1.165) is 10.0 Å². The molecule has 0 fully saturated rings. The van der Waals surface area contributed by atoms with E-state index in [0.29, 0.717) is 12.8 Å². The molecule has 0 heterocycles. The van der Waals surface area contributed by atoms with Gasteiger partial charge >= 0.3 is 0 Å². The number of hydrogen-bond acceptors (Lipinski definition) is 1. The normalized spacial score (nSPS) is 11.6. The molecule has 1 unspecified atom stereocenters. The van der Waals surface area contributed by atoms with Gasteiger partial charge in [-0.05, 0) is 18.6 Å². The van der Waals surface area contributed by atoms with Gasteiger partial charge in [0.15, 0.2) is 0 Å². The third kappa shape index (κ3) is 3.53. The summed E-state index contributed by atoms with van der Waals surface area (Å²) in [7, 11) is 0. The molecular formula is C12H13BrO. The van der Waals surface area contributed by atoms with Gasteiger partial charge in [-0.1, -0.05) is 34.1 Å². The molecule has 14 heavy (non-hydrogen) atoms. The summed E-state index contributed by atoms with van der Waals surface area (Å²) in [4.78, 5) is 0. The van der Waals surface area contributed by atoms with Crippen LogP contribution in [-0.4, -0.2) is 11.2 Å². The maximum atomic E-state index is 9.63. The van der Waals surface area contributed by atoms with Crippen LogP contribution in [0.25, 0.3) is 0 Å². The zero-order valence-corrected chi connectivity index (χ0v) is 9.71. The van der Waals surface area contributed by atoms with Gasteiger partial charge in [-0.25, -0.2) is 0 Å². The molecule has 0 aliphatic carbocycles. The molecule has 1 atom stereocenters. The van der Waals surface area contributed by atoms with Crippen molar-refractivity contribution in [3.8, 4) is 11.8 Å². The van der Waals surface area contributed by atoms with Crippen LogP contribution in [0.4, 0.5) is 0 Å². The predicted octanol–water partition coefficient (Wildman–Crippen LogP) is 2.77. The van der Waals surface area contributed by atoms with Gasteiger partial charge < -0.3 is 5.11 Å². The standard InChI is InChI=1S/C12H13BrO/c1-2-3-7-11(14)9-10-6-4-5-8-12(10)13/h4-6,8,11,14H,7,9H2,1H3. The number of aliphatic hydroxyl groups is 1. The Morgan fingerprint density at radius 2 is 2.14 bits per heavy atom. The van der Waals surface area contributed by atoms with Gasteiger partial charge in [-0.3, -0.25) is 0 Å². The van der Waals surface area contributed by atoms with E-state index in [-0.39, 0.29) is 6.10 Å². The minimum absolute atomic E-state index is 0.374. The Morgan fingerprint density at radius 1 is 1.43 bits per heavy atom. The molecule has 0 bridgehead atoms. The van der Waals surface area contributed by atoms with Crippen molar-refractivity contribution >= 4 is 15.9 Å². The van der Waals surface area contributed by atoms with Crippen molar-refractivity contribution in [3.63, 3.8) is 0 Å². The highest BCUT2D eigenvalue weighted by Crippen LogP contribution is 2.17. The van der Waals surface area contributed by atoms with Gasteiger partial charge in [0.05, 0.1) is 6.10 Å². The van der Waals surface area contributed by atoms with Crippen LogP contribution in [0.1, 0.15) is 18.9 Å². The molecule has 1 N–H and O–H groups in total. The van der Waals surface area contributed by atoms with Crippen molar-refractivity contribution < 1.29 is 5.11 Å². The van der Waals surface area contributed by atoms with E-state index in [1.807, 2.05) is 24.3 Å². The Labute approximate surface area is 93.3 Å². The monoisotopic (exact) mass is 252 g/mol. The first-order valence-electron chi connectivity index (χ1n) is 4.55. The smallest absolute Gasteiger partial charge is 0.0690 e. The van der Waals surface area contributed by atoms with Gasteiger partial charge in [0.1, 0.15) is 0 Å². The first-order chi connectivity index (χ1) is 6.74. The molecule has 74 valence electrons. The topological polar surface area (TPSA) is 20.2 Å². The zero-order valence-electron chi connectivity index (χ0n) is 8.13. The van der Waals surface area contributed by atoms with E-state index in [1.165, 1.54) is 0 Å². The third-order valence-electron chi connectivity index (χ3n) is 1.93. The van der Waals surface area contributed by atoms with Crippen molar-refractivity contribution in [2.75, 3.05) is 0 Å². The highest BCUT2D eigenvalue weighted by Gasteiger charge is 2.05. The lowest BCUT2D eigenvalue weighted by molar-refractivity contribution is 0.180. The van der Waals surface area contributed by atoms with Crippen LogP contribution in [0.3, 0.4) is 0 Å². The Bertz CT molecular complexity index is 349. The maximum absolute atomic E-state index is 9.63. The van der Waals surface area contributed by atoms with Gasteiger partial charge in [0, 0.05) is 17.3 Å². The van der Waals surface area contributed by atoms with Crippen molar-refractivity contribution in [1.82, 2.24) is 0 Å². The maximum Gasteiger partial charge on any atom is 0.0690 e. The fourth-order valence-electron chi connectivity index (χ4n) is 1.21. The number of benzene rings is 1. The predicted molar refractivity (Wildman–Crippen MR) is 61.9 cm³/mol. The lowest BCUT2D eigenvalue weighted by atomic mass is 10.1. The van der Waals surface area contributed by atoms with Crippen molar-refractivity contribution in [1.29, 1.82) is 0 Å². The molecule has 0 saturated heterocycles. The number of rotatable bonds is 3. The molecule has 1 rings (SSSR count). The summed E-state index contributed by atoms with van der Waals surface area (Å²) in [6.45, 7) is 1.78. The van der Waals surface area contributed by atoms with Crippen molar-refractivity contribution in [2.45, 2.75) is 25.9 Å². The van der Waals surface area contributed by atoms with E-state index in [9.17, 15) is 5.11 Å². The summed E-state index contributed by atoms with van der Waals surface area (Å²) in [5.41, 5.74) is 1.12. The Kier molecular flexibility index (Phi) is 4.72. The second-order valence-corrected chi connectivity index (χ2v) is 3.93. The number of hydrogen-bond donors (Lipinski definition) is 1. The molecule has 1 nitrogen and oxygen atoms in total. The fourth-order valence-corrected chi connectivity index (χ4v) is 1.66. The SMILES string of the molecule is CC#CCC(O)Cc1ccccc1Br. The molecule has 0 aromatic heterocycles. The number of halogens is 1. The molecular weight excluding hydrogens is 240 g/mol. The summed E-state index contributed by atoms with van der Waals surface area (Å²) in [5, 5.41) is 9.63. The largest absolute Gasteiger partial charge is 0.392 e. The lowest BCUT2D eigenvalue weighted by Crippen LogP contribution is -2.09. The summed E-state index contributed by atoms with van der Waals surface area (Å²) >= 11 is 3.45. The molecule has 0 aliphatic heterocycles. The average Bonchev–Trinajstić information content (AvgIpc) is 2.18. The van der Waals surface area contributed by atoms with E-state index in [1.54, 1.807) is 6.92 Å².